The Kier molecular flexibility index (Phi) is 6.26. The Morgan fingerprint density at radius 2 is 1.72 bits per heavy atom. The summed E-state index contributed by atoms with van der Waals surface area (Å²) in [6.45, 7) is 3.91. The van der Waals surface area contributed by atoms with Crippen LogP contribution < -0.4 is 0 Å². The van der Waals surface area contributed by atoms with E-state index in [9.17, 15) is 9.59 Å². The highest BCUT2D eigenvalue weighted by Gasteiger charge is 2.30. The molecule has 0 N–H and O–H groups in total. The number of rotatable bonds is 3. The maximum Gasteiger partial charge on any atom is 0.246 e. The lowest BCUT2D eigenvalue weighted by atomic mass is 9.95. The Labute approximate surface area is 156 Å². The smallest absolute Gasteiger partial charge is 0.246 e. The third-order valence-corrected chi connectivity index (χ3v) is 5.51. The van der Waals surface area contributed by atoms with E-state index in [-0.39, 0.29) is 17.7 Å². The lowest BCUT2D eigenvalue weighted by Crippen LogP contribution is -2.47. The average molecular weight is 407 g/mol. The molecule has 2 amide bonds. The van der Waals surface area contributed by atoms with Crippen molar-refractivity contribution in [1.29, 1.82) is 0 Å². The van der Waals surface area contributed by atoms with Crippen LogP contribution in [0.4, 0.5) is 0 Å². The molecule has 1 aromatic rings. The first-order valence-corrected chi connectivity index (χ1v) is 9.52. The summed E-state index contributed by atoms with van der Waals surface area (Å²) >= 11 is 3.48. The normalized spacial score (nSPS) is 19.4. The van der Waals surface area contributed by atoms with E-state index in [0.717, 1.165) is 22.9 Å². The minimum Gasteiger partial charge on any atom is -0.378 e. The number of benzene rings is 1. The molecule has 2 aliphatic heterocycles. The number of carbonyl (C=O) groups excluding carboxylic acids is 2. The highest BCUT2D eigenvalue weighted by molar-refractivity contribution is 9.10. The summed E-state index contributed by atoms with van der Waals surface area (Å²) in [6, 6.07) is 7.80. The molecule has 25 heavy (non-hydrogen) atoms. The fraction of sp³-hybridized carbons (Fsp3) is 0.474. The van der Waals surface area contributed by atoms with Crippen LogP contribution in [0.5, 0.6) is 0 Å². The van der Waals surface area contributed by atoms with Gasteiger partial charge in [0.2, 0.25) is 11.8 Å². The third-order valence-electron chi connectivity index (χ3n) is 4.79. The lowest BCUT2D eigenvalue weighted by molar-refractivity contribution is -0.142. The molecule has 0 spiro atoms. The zero-order chi connectivity index (χ0) is 17.6. The van der Waals surface area contributed by atoms with E-state index in [0.29, 0.717) is 39.4 Å². The minimum atomic E-state index is 0.00743. The zero-order valence-electron chi connectivity index (χ0n) is 14.2. The van der Waals surface area contributed by atoms with Gasteiger partial charge in [-0.2, -0.15) is 0 Å². The number of halogens is 1. The van der Waals surface area contributed by atoms with Crippen LogP contribution >= 0.6 is 15.9 Å². The van der Waals surface area contributed by atoms with Gasteiger partial charge in [0.1, 0.15) is 0 Å². The van der Waals surface area contributed by atoms with Gasteiger partial charge in [-0.05, 0) is 30.5 Å². The second-order valence-electron chi connectivity index (χ2n) is 6.39. The average Bonchev–Trinajstić information content (AvgIpc) is 2.67. The van der Waals surface area contributed by atoms with Crippen LogP contribution in [-0.2, 0) is 14.3 Å². The van der Waals surface area contributed by atoms with E-state index in [4.69, 9.17) is 4.74 Å². The van der Waals surface area contributed by atoms with Crippen molar-refractivity contribution in [2.24, 2.45) is 5.92 Å². The number of ether oxygens (including phenoxy) is 1. The van der Waals surface area contributed by atoms with Crippen LogP contribution in [-0.4, -0.2) is 61.0 Å². The molecular weight excluding hydrogens is 384 g/mol. The van der Waals surface area contributed by atoms with Crippen LogP contribution in [0.1, 0.15) is 18.4 Å². The highest BCUT2D eigenvalue weighted by Crippen LogP contribution is 2.21. The Balaban J connectivity index is 1.50. The summed E-state index contributed by atoms with van der Waals surface area (Å²) in [5.41, 5.74) is 0.980. The molecule has 0 bridgehead atoms. The molecule has 134 valence electrons. The molecule has 6 heteroatoms. The molecule has 0 atom stereocenters. The molecule has 1 aromatic carbocycles. The lowest BCUT2D eigenvalue weighted by Gasteiger charge is -2.35. The van der Waals surface area contributed by atoms with Crippen molar-refractivity contribution >= 4 is 33.8 Å². The predicted octanol–water partition coefficient (Wildman–Crippen LogP) is 2.56. The Morgan fingerprint density at radius 3 is 2.40 bits per heavy atom. The van der Waals surface area contributed by atoms with Crippen molar-refractivity contribution in [2.45, 2.75) is 12.8 Å². The van der Waals surface area contributed by atoms with Crippen molar-refractivity contribution in [3.05, 3.63) is 40.4 Å². The maximum absolute atomic E-state index is 12.5. The molecule has 2 heterocycles. The fourth-order valence-corrected chi connectivity index (χ4v) is 3.68. The number of amides is 2. The standard InChI is InChI=1S/C19H23BrN2O3/c20-17-4-2-1-3-15(17)5-6-18(23)21-9-7-16(8-10-21)19(24)22-11-13-25-14-12-22/h1-6,16H,7-14H2/b6-5+. The van der Waals surface area contributed by atoms with Crippen molar-refractivity contribution in [2.75, 3.05) is 39.4 Å². The van der Waals surface area contributed by atoms with Gasteiger partial charge in [0.15, 0.2) is 0 Å². The molecule has 0 unspecified atom stereocenters. The van der Waals surface area contributed by atoms with Gasteiger partial charge < -0.3 is 14.5 Å². The van der Waals surface area contributed by atoms with Gasteiger partial charge in [-0.15, -0.1) is 0 Å². The molecule has 0 radical (unpaired) electrons. The van der Waals surface area contributed by atoms with Gasteiger partial charge in [-0.1, -0.05) is 34.1 Å². The molecule has 2 fully saturated rings. The van der Waals surface area contributed by atoms with Crippen molar-refractivity contribution in [3.8, 4) is 0 Å². The molecular formula is C19H23BrN2O3. The summed E-state index contributed by atoms with van der Waals surface area (Å²) in [6.07, 6.45) is 4.93. The monoisotopic (exact) mass is 406 g/mol. The first kappa shape index (κ1) is 18.1. The van der Waals surface area contributed by atoms with Gasteiger partial charge in [0.05, 0.1) is 13.2 Å². The Bertz CT molecular complexity index is 648. The van der Waals surface area contributed by atoms with E-state index in [1.165, 1.54) is 0 Å². The number of hydrogen-bond acceptors (Lipinski definition) is 3. The number of likely N-dealkylation sites (tertiary alicyclic amines) is 1. The van der Waals surface area contributed by atoms with Crippen LogP contribution in [0, 0.1) is 5.92 Å². The van der Waals surface area contributed by atoms with Crippen molar-refractivity contribution < 1.29 is 14.3 Å². The van der Waals surface area contributed by atoms with Gasteiger partial charge in [-0.25, -0.2) is 0 Å². The maximum atomic E-state index is 12.5. The molecule has 0 aliphatic carbocycles. The second kappa shape index (κ2) is 8.63. The van der Waals surface area contributed by atoms with Crippen LogP contribution in [0.25, 0.3) is 6.08 Å². The summed E-state index contributed by atoms with van der Waals surface area (Å²) < 4.78 is 6.27. The predicted molar refractivity (Wildman–Crippen MR) is 99.9 cm³/mol. The number of nitrogens with zero attached hydrogens (tertiary/aromatic N) is 2. The number of carbonyl (C=O) groups is 2. The molecule has 0 saturated carbocycles. The minimum absolute atomic E-state index is 0.00743. The zero-order valence-corrected chi connectivity index (χ0v) is 15.8. The van der Waals surface area contributed by atoms with Crippen molar-refractivity contribution in [1.82, 2.24) is 9.80 Å². The van der Waals surface area contributed by atoms with Crippen LogP contribution in [0.2, 0.25) is 0 Å². The first-order chi connectivity index (χ1) is 12.1. The fourth-order valence-electron chi connectivity index (χ4n) is 3.27. The van der Waals surface area contributed by atoms with Crippen molar-refractivity contribution in [3.63, 3.8) is 0 Å². The number of piperidine rings is 1. The molecule has 2 saturated heterocycles. The number of hydrogen-bond donors (Lipinski definition) is 0. The van der Waals surface area contributed by atoms with E-state index in [1.807, 2.05) is 40.1 Å². The van der Waals surface area contributed by atoms with Crippen LogP contribution in [0.3, 0.4) is 0 Å². The van der Waals surface area contributed by atoms with Crippen LogP contribution in [0.15, 0.2) is 34.8 Å². The van der Waals surface area contributed by atoms with Gasteiger partial charge in [0.25, 0.3) is 0 Å². The van der Waals surface area contributed by atoms with E-state index >= 15 is 0 Å². The van der Waals surface area contributed by atoms with Gasteiger partial charge >= 0.3 is 0 Å². The highest BCUT2D eigenvalue weighted by atomic mass is 79.9. The first-order valence-electron chi connectivity index (χ1n) is 8.73. The summed E-state index contributed by atoms with van der Waals surface area (Å²) in [7, 11) is 0. The summed E-state index contributed by atoms with van der Waals surface area (Å²) in [5.74, 6) is 0.265. The molecule has 0 aromatic heterocycles. The third kappa shape index (κ3) is 4.70. The summed E-state index contributed by atoms with van der Waals surface area (Å²) in [4.78, 5) is 28.6. The molecule has 5 nitrogen and oxygen atoms in total. The SMILES string of the molecule is O=C(/C=C/c1ccccc1Br)N1CCC(C(=O)N2CCOCC2)CC1. The molecule has 2 aliphatic rings. The van der Waals surface area contributed by atoms with Gasteiger partial charge in [0, 0.05) is 42.6 Å². The molecule has 3 rings (SSSR count). The second-order valence-corrected chi connectivity index (χ2v) is 7.25. The Hall–Kier alpha value is -1.66. The van der Waals surface area contributed by atoms with E-state index in [2.05, 4.69) is 15.9 Å². The quantitative estimate of drug-likeness (QED) is 0.724. The van der Waals surface area contributed by atoms with E-state index < -0.39 is 0 Å². The number of morpholine rings is 1. The Morgan fingerprint density at radius 1 is 1.04 bits per heavy atom. The van der Waals surface area contributed by atoms with E-state index in [1.54, 1.807) is 6.08 Å². The summed E-state index contributed by atoms with van der Waals surface area (Å²) in [5, 5.41) is 0. The topological polar surface area (TPSA) is 49.9 Å². The largest absolute Gasteiger partial charge is 0.378 e. The van der Waals surface area contributed by atoms with Gasteiger partial charge in [-0.3, -0.25) is 9.59 Å².